The SMILES string of the molecule is CSc1nc2ccc(NS(=O)(=O)c3ccc4c(c3)CC(=O)N4)cc2s1. The second-order valence-corrected chi connectivity index (χ2v) is 9.28. The summed E-state index contributed by atoms with van der Waals surface area (Å²) in [7, 11) is -3.73. The highest BCUT2D eigenvalue weighted by Gasteiger charge is 2.22. The van der Waals surface area contributed by atoms with Crippen LogP contribution in [0.1, 0.15) is 5.56 Å². The molecule has 2 heterocycles. The van der Waals surface area contributed by atoms with Gasteiger partial charge in [0.15, 0.2) is 4.34 Å². The first-order valence-electron chi connectivity index (χ1n) is 7.35. The summed E-state index contributed by atoms with van der Waals surface area (Å²) in [6.07, 6.45) is 2.15. The molecule has 2 N–H and O–H groups in total. The van der Waals surface area contributed by atoms with Gasteiger partial charge in [-0.1, -0.05) is 11.8 Å². The van der Waals surface area contributed by atoms with Gasteiger partial charge in [0.05, 0.1) is 27.2 Å². The fourth-order valence-electron chi connectivity index (χ4n) is 2.64. The van der Waals surface area contributed by atoms with Crippen LogP contribution < -0.4 is 10.0 Å². The third-order valence-electron chi connectivity index (χ3n) is 3.81. The lowest BCUT2D eigenvalue weighted by molar-refractivity contribution is -0.115. The van der Waals surface area contributed by atoms with Gasteiger partial charge in [0.1, 0.15) is 0 Å². The quantitative estimate of drug-likeness (QED) is 0.666. The smallest absolute Gasteiger partial charge is 0.261 e. The number of thioether (sulfide) groups is 1. The number of sulfonamides is 1. The van der Waals surface area contributed by atoms with E-state index >= 15 is 0 Å². The van der Waals surface area contributed by atoms with Crippen LogP contribution >= 0.6 is 23.1 Å². The van der Waals surface area contributed by atoms with E-state index in [1.54, 1.807) is 36.0 Å². The predicted octanol–water partition coefficient (Wildman–Crippen LogP) is 3.31. The number of fused-ring (bicyclic) bond motifs is 2. The van der Waals surface area contributed by atoms with Gasteiger partial charge >= 0.3 is 0 Å². The Morgan fingerprint density at radius 2 is 2.08 bits per heavy atom. The number of amides is 1. The number of carbonyl (C=O) groups excluding carboxylic acids is 1. The van der Waals surface area contributed by atoms with Gasteiger partial charge in [-0.05, 0) is 48.2 Å². The summed E-state index contributed by atoms with van der Waals surface area (Å²) in [6.45, 7) is 0. The van der Waals surface area contributed by atoms with Crippen LogP contribution in [0.3, 0.4) is 0 Å². The molecule has 0 saturated carbocycles. The first-order valence-corrected chi connectivity index (χ1v) is 10.9. The molecule has 0 aliphatic carbocycles. The first kappa shape index (κ1) is 16.4. The summed E-state index contributed by atoms with van der Waals surface area (Å²) in [5.41, 5.74) is 2.69. The average Bonchev–Trinajstić information content (AvgIpc) is 3.14. The molecule has 0 bridgehead atoms. The van der Waals surface area contributed by atoms with Crippen LogP contribution in [0.2, 0.25) is 0 Å². The van der Waals surface area contributed by atoms with Crippen LogP contribution in [0, 0.1) is 0 Å². The van der Waals surface area contributed by atoms with Crippen molar-refractivity contribution in [3.05, 3.63) is 42.0 Å². The molecule has 6 nitrogen and oxygen atoms in total. The van der Waals surface area contributed by atoms with Crippen LogP contribution in [0.4, 0.5) is 11.4 Å². The van der Waals surface area contributed by atoms with Crippen LogP contribution in [0.25, 0.3) is 10.2 Å². The largest absolute Gasteiger partial charge is 0.326 e. The minimum atomic E-state index is -3.73. The van der Waals surface area contributed by atoms with Crippen molar-refractivity contribution in [2.75, 3.05) is 16.3 Å². The highest BCUT2D eigenvalue weighted by molar-refractivity contribution is 8.00. The summed E-state index contributed by atoms with van der Waals surface area (Å²) >= 11 is 3.08. The molecule has 1 amide bonds. The zero-order valence-corrected chi connectivity index (χ0v) is 15.5. The van der Waals surface area contributed by atoms with Crippen LogP contribution in [0.5, 0.6) is 0 Å². The lowest BCUT2D eigenvalue weighted by atomic mass is 10.2. The van der Waals surface area contributed by atoms with Gasteiger partial charge < -0.3 is 5.32 Å². The van der Waals surface area contributed by atoms with E-state index < -0.39 is 10.0 Å². The highest BCUT2D eigenvalue weighted by atomic mass is 32.2. The first-order chi connectivity index (χ1) is 11.9. The summed E-state index contributed by atoms with van der Waals surface area (Å²) < 4.78 is 29.8. The molecule has 128 valence electrons. The van der Waals surface area contributed by atoms with Gasteiger partial charge in [0, 0.05) is 5.69 Å². The Morgan fingerprint density at radius 3 is 2.88 bits per heavy atom. The number of nitrogens with one attached hydrogen (secondary N) is 2. The number of carbonyl (C=O) groups is 1. The Morgan fingerprint density at radius 1 is 1.24 bits per heavy atom. The highest BCUT2D eigenvalue weighted by Crippen LogP contribution is 2.31. The van der Waals surface area contributed by atoms with Gasteiger partial charge in [-0.2, -0.15) is 0 Å². The van der Waals surface area contributed by atoms with Crippen molar-refractivity contribution >= 4 is 60.6 Å². The number of benzene rings is 2. The van der Waals surface area contributed by atoms with Gasteiger partial charge in [-0.3, -0.25) is 9.52 Å². The Hall–Kier alpha value is -2.10. The van der Waals surface area contributed by atoms with E-state index in [4.69, 9.17) is 0 Å². The number of rotatable bonds is 4. The molecule has 0 spiro atoms. The molecule has 0 fully saturated rings. The number of anilines is 2. The van der Waals surface area contributed by atoms with E-state index in [2.05, 4.69) is 15.0 Å². The number of aromatic nitrogens is 1. The van der Waals surface area contributed by atoms with Gasteiger partial charge in [0.2, 0.25) is 5.91 Å². The lowest BCUT2D eigenvalue weighted by Gasteiger charge is -2.09. The molecular formula is C16H13N3O3S3. The number of thiazole rings is 1. The fraction of sp³-hybridized carbons (Fsp3) is 0.125. The molecule has 0 atom stereocenters. The normalized spacial score (nSPS) is 13.7. The molecule has 1 aliphatic heterocycles. The molecule has 1 aliphatic rings. The molecule has 25 heavy (non-hydrogen) atoms. The topological polar surface area (TPSA) is 88.2 Å². The molecule has 3 aromatic rings. The summed E-state index contributed by atoms with van der Waals surface area (Å²) in [4.78, 5) is 16.0. The molecular weight excluding hydrogens is 378 g/mol. The van der Waals surface area contributed by atoms with Crippen molar-refractivity contribution in [1.82, 2.24) is 4.98 Å². The summed E-state index contributed by atoms with van der Waals surface area (Å²) in [5.74, 6) is -0.127. The van der Waals surface area contributed by atoms with Crippen molar-refractivity contribution in [3.63, 3.8) is 0 Å². The monoisotopic (exact) mass is 391 g/mol. The lowest BCUT2D eigenvalue weighted by Crippen LogP contribution is -2.13. The van der Waals surface area contributed by atoms with Crippen molar-refractivity contribution < 1.29 is 13.2 Å². The summed E-state index contributed by atoms with van der Waals surface area (Å²) in [6, 6.07) is 9.92. The van der Waals surface area contributed by atoms with Crippen molar-refractivity contribution in [2.45, 2.75) is 15.7 Å². The van der Waals surface area contributed by atoms with E-state index in [1.165, 1.54) is 23.5 Å². The molecule has 0 saturated heterocycles. The van der Waals surface area contributed by atoms with Crippen LogP contribution in [-0.2, 0) is 21.2 Å². The van der Waals surface area contributed by atoms with Crippen LogP contribution in [-0.4, -0.2) is 25.6 Å². The molecule has 0 radical (unpaired) electrons. The number of hydrogen-bond acceptors (Lipinski definition) is 6. The van der Waals surface area contributed by atoms with Crippen LogP contribution in [0.15, 0.2) is 45.6 Å². The minimum absolute atomic E-state index is 0.127. The number of hydrogen-bond donors (Lipinski definition) is 2. The van der Waals surface area contributed by atoms with E-state index in [1.807, 2.05) is 6.26 Å². The molecule has 9 heteroatoms. The van der Waals surface area contributed by atoms with Gasteiger partial charge in [-0.15, -0.1) is 11.3 Å². The standard InChI is InChI=1S/C16H13N3O3S3/c1-23-16-18-13-4-2-10(8-14(13)24-16)19-25(21,22)11-3-5-12-9(6-11)7-15(20)17-12/h2-6,8,19H,7H2,1H3,(H,17,20). The Labute approximate surface area is 152 Å². The van der Waals surface area contributed by atoms with Crippen molar-refractivity contribution in [3.8, 4) is 0 Å². The van der Waals surface area contributed by atoms with Gasteiger partial charge in [-0.25, -0.2) is 13.4 Å². The molecule has 1 aromatic heterocycles. The van der Waals surface area contributed by atoms with E-state index in [0.717, 1.165) is 14.6 Å². The maximum Gasteiger partial charge on any atom is 0.261 e. The molecule has 2 aromatic carbocycles. The fourth-order valence-corrected chi connectivity index (χ4v) is 5.27. The molecule has 4 rings (SSSR count). The zero-order valence-electron chi connectivity index (χ0n) is 13.1. The predicted molar refractivity (Wildman–Crippen MR) is 101 cm³/mol. The average molecular weight is 391 g/mol. The Kier molecular flexibility index (Phi) is 3.94. The zero-order chi connectivity index (χ0) is 17.6. The van der Waals surface area contributed by atoms with E-state index in [-0.39, 0.29) is 17.2 Å². The van der Waals surface area contributed by atoms with E-state index in [9.17, 15) is 13.2 Å². The maximum absolute atomic E-state index is 12.6. The minimum Gasteiger partial charge on any atom is -0.326 e. The Bertz CT molecular complexity index is 1110. The Balaban J connectivity index is 1.65. The van der Waals surface area contributed by atoms with Crippen molar-refractivity contribution in [1.29, 1.82) is 0 Å². The third kappa shape index (κ3) is 3.10. The van der Waals surface area contributed by atoms with Gasteiger partial charge in [0.25, 0.3) is 10.0 Å². The molecule has 0 unspecified atom stereocenters. The van der Waals surface area contributed by atoms with E-state index in [0.29, 0.717) is 16.9 Å². The summed E-state index contributed by atoms with van der Waals surface area (Å²) in [5, 5.41) is 2.69. The second-order valence-electron chi connectivity index (χ2n) is 5.52. The maximum atomic E-state index is 12.6. The van der Waals surface area contributed by atoms with Crippen molar-refractivity contribution in [2.24, 2.45) is 0 Å². The number of nitrogens with zero attached hydrogens (tertiary/aromatic N) is 1. The second kappa shape index (κ2) is 6.01. The third-order valence-corrected chi connectivity index (χ3v) is 7.19.